The summed E-state index contributed by atoms with van der Waals surface area (Å²) in [5.74, 6) is 0. The highest BCUT2D eigenvalue weighted by atomic mass is 32.2. The third-order valence-electron chi connectivity index (χ3n) is 2.97. The molecule has 3 heteroatoms. The van der Waals surface area contributed by atoms with Crippen LogP contribution in [0.25, 0.3) is 6.08 Å². The molecule has 0 amide bonds. The summed E-state index contributed by atoms with van der Waals surface area (Å²) in [5.41, 5.74) is 2.06. The van der Waals surface area contributed by atoms with E-state index in [-0.39, 0.29) is 0 Å². The minimum absolute atomic E-state index is 0.514. The first kappa shape index (κ1) is 14.7. The van der Waals surface area contributed by atoms with Gasteiger partial charge in [0.2, 0.25) is 0 Å². The molecule has 2 aromatic rings. The molecule has 0 heterocycles. The van der Waals surface area contributed by atoms with E-state index in [0.717, 1.165) is 11.1 Å². The number of rotatable bonds is 4. The summed E-state index contributed by atoms with van der Waals surface area (Å²) in [6, 6.07) is 17.1. The van der Waals surface area contributed by atoms with E-state index in [0.29, 0.717) is 9.80 Å². The molecule has 1 N–H and O–H groups in total. The maximum absolute atomic E-state index is 12.6. The molecule has 0 aliphatic carbocycles. The number of benzene rings is 2. The van der Waals surface area contributed by atoms with Crippen LogP contribution < -0.4 is 0 Å². The third kappa shape index (κ3) is 3.65. The number of aliphatic hydroxyl groups is 1. The van der Waals surface area contributed by atoms with Gasteiger partial charge < -0.3 is 5.11 Å². The van der Waals surface area contributed by atoms with Crippen molar-refractivity contribution in [1.82, 2.24) is 0 Å². The smallest absolute Gasteiger partial charge is 0.0849 e. The molecule has 0 aliphatic rings. The number of hydrogen-bond donors (Lipinski definition) is 1. The van der Waals surface area contributed by atoms with Crippen LogP contribution in [0.1, 0.15) is 18.1 Å². The van der Waals surface area contributed by atoms with Gasteiger partial charge in [0, 0.05) is 4.90 Å². The van der Waals surface area contributed by atoms with Gasteiger partial charge in [-0.3, -0.25) is 0 Å². The van der Waals surface area contributed by atoms with Crippen LogP contribution in [0, 0.1) is 6.92 Å². The zero-order valence-electron chi connectivity index (χ0n) is 11.6. The molecule has 0 radical (unpaired) electrons. The van der Waals surface area contributed by atoms with Crippen molar-refractivity contribution in [3.05, 3.63) is 70.6 Å². The van der Waals surface area contributed by atoms with E-state index in [1.54, 1.807) is 13.0 Å². The Morgan fingerprint density at radius 1 is 1.10 bits per heavy atom. The highest BCUT2D eigenvalue weighted by molar-refractivity contribution is 7.89. The summed E-state index contributed by atoms with van der Waals surface area (Å²) >= 11 is 0. The third-order valence-corrected chi connectivity index (χ3v) is 4.56. The summed E-state index contributed by atoms with van der Waals surface area (Å²) in [6.45, 7) is 3.63. The van der Waals surface area contributed by atoms with Gasteiger partial charge in [-0.15, -0.1) is 0 Å². The summed E-state index contributed by atoms with van der Waals surface area (Å²) in [7, 11) is -1.35. The Hall–Kier alpha value is -1.71. The topological polar surface area (TPSA) is 37.3 Å². The lowest BCUT2D eigenvalue weighted by Crippen LogP contribution is -2.10. The van der Waals surface area contributed by atoms with Gasteiger partial charge in [0.15, 0.2) is 0 Å². The van der Waals surface area contributed by atoms with Crippen molar-refractivity contribution >= 4 is 16.9 Å². The molecule has 20 heavy (non-hydrogen) atoms. The van der Waals surface area contributed by atoms with Crippen molar-refractivity contribution in [3.63, 3.8) is 0 Å². The lowest BCUT2D eigenvalue weighted by molar-refractivity contribution is 0.240. The molecule has 0 aliphatic heterocycles. The zero-order chi connectivity index (χ0) is 14.5. The Bertz CT molecular complexity index is 613. The molecule has 2 atom stereocenters. The standard InChI is InChI=1S/C17H18O2S/c1-13-8-10-16(11-9-13)20(19)17(14(2)18)12-15-6-4-3-5-7-15/h3-12,14,18H,1-2H3/b17-12+/t14-,20?/m1/s1. The van der Waals surface area contributed by atoms with Gasteiger partial charge in [0.05, 0.1) is 21.8 Å². The number of hydrogen-bond acceptors (Lipinski definition) is 2. The lowest BCUT2D eigenvalue weighted by Gasteiger charge is -2.11. The van der Waals surface area contributed by atoms with E-state index in [9.17, 15) is 9.32 Å². The molecule has 2 nitrogen and oxygen atoms in total. The van der Waals surface area contributed by atoms with Crippen LogP contribution in [0.15, 0.2) is 64.4 Å². The predicted molar refractivity (Wildman–Crippen MR) is 83.7 cm³/mol. The van der Waals surface area contributed by atoms with Gasteiger partial charge in [0.25, 0.3) is 0 Å². The molecule has 0 saturated carbocycles. The van der Waals surface area contributed by atoms with Crippen LogP contribution >= 0.6 is 0 Å². The normalized spacial score (nSPS) is 14.8. The van der Waals surface area contributed by atoms with Gasteiger partial charge in [-0.25, -0.2) is 4.21 Å². The quantitative estimate of drug-likeness (QED) is 0.933. The Kier molecular flexibility index (Phi) is 4.88. The fraction of sp³-hybridized carbons (Fsp3) is 0.176. The number of aryl methyl sites for hydroxylation is 1. The molecule has 0 saturated heterocycles. The first-order valence-electron chi connectivity index (χ1n) is 6.51. The zero-order valence-corrected chi connectivity index (χ0v) is 12.4. The molecule has 0 spiro atoms. The maximum atomic E-state index is 12.6. The molecule has 2 aromatic carbocycles. The summed E-state index contributed by atoms with van der Waals surface area (Å²) < 4.78 is 12.6. The SMILES string of the molecule is Cc1ccc(S(=O)/C(=C/c2ccccc2)[C@@H](C)O)cc1. The fourth-order valence-corrected chi connectivity index (χ4v) is 3.05. The molecule has 0 aromatic heterocycles. The minimum Gasteiger partial charge on any atom is -0.388 e. The average molecular weight is 286 g/mol. The van der Waals surface area contributed by atoms with E-state index < -0.39 is 16.9 Å². The van der Waals surface area contributed by atoms with E-state index in [4.69, 9.17) is 0 Å². The summed E-state index contributed by atoms with van der Waals surface area (Å²) in [4.78, 5) is 1.22. The van der Waals surface area contributed by atoms with Crippen molar-refractivity contribution in [2.24, 2.45) is 0 Å². The summed E-state index contributed by atoms with van der Waals surface area (Å²) in [6.07, 6.45) is 1.04. The van der Waals surface area contributed by atoms with Gasteiger partial charge in [-0.1, -0.05) is 48.0 Å². The molecule has 0 fully saturated rings. The minimum atomic E-state index is -1.35. The second kappa shape index (κ2) is 6.64. The highest BCUT2D eigenvalue weighted by Crippen LogP contribution is 2.20. The predicted octanol–water partition coefficient (Wildman–Crippen LogP) is 3.52. The molecule has 2 rings (SSSR count). The van der Waals surface area contributed by atoms with Gasteiger partial charge in [-0.2, -0.15) is 0 Å². The van der Waals surface area contributed by atoms with Crippen molar-refractivity contribution in [2.45, 2.75) is 24.8 Å². The average Bonchev–Trinajstić information content (AvgIpc) is 2.45. The molecular formula is C17H18O2S. The fourth-order valence-electron chi connectivity index (χ4n) is 1.84. The first-order valence-corrected chi connectivity index (χ1v) is 7.66. The monoisotopic (exact) mass is 286 g/mol. The molecule has 0 bridgehead atoms. The van der Waals surface area contributed by atoms with Crippen LogP contribution in [-0.4, -0.2) is 15.4 Å². The van der Waals surface area contributed by atoms with Crippen molar-refractivity contribution in [2.75, 3.05) is 0 Å². The van der Waals surface area contributed by atoms with Crippen LogP contribution in [0.5, 0.6) is 0 Å². The Morgan fingerprint density at radius 2 is 1.70 bits per heavy atom. The van der Waals surface area contributed by atoms with E-state index in [2.05, 4.69) is 0 Å². The lowest BCUT2D eigenvalue weighted by atomic mass is 10.2. The second-order valence-electron chi connectivity index (χ2n) is 4.72. The Labute approximate surface area is 122 Å². The largest absolute Gasteiger partial charge is 0.388 e. The Balaban J connectivity index is 2.36. The Morgan fingerprint density at radius 3 is 2.25 bits per heavy atom. The van der Waals surface area contributed by atoms with Crippen LogP contribution in [0.3, 0.4) is 0 Å². The van der Waals surface area contributed by atoms with Gasteiger partial charge in [0.1, 0.15) is 0 Å². The van der Waals surface area contributed by atoms with Crippen LogP contribution in [0.4, 0.5) is 0 Å². The summed E-state index contributed by atoms with van der Waals surface area (Å²) in [5, 5.41) is 9.90. The van der Waals surface area contributed by atoms with E-state index in [1.807, 2.05) is 61.5 Å². The van der Waals surface area contributed by atoms with E-state index >= 15 is 0 Å². The first-order chi connectivity index (χ1) is 9.58. The molecule has 104 valence electrons. The number of aliphatic hydroxyl groups excluding tert-OH is 1. The van der Waals surface area contributed by atoms with Crippen molar-refractivity contribution in [1.29, 1.82) is 0 Å². The van der Waals surface area contributed by atoms with Crippen molar-refractivity contribution in [3.8, 4) is 0 Å². The maximum Gasteiger partial charge on any atom is 0.0849 e. The van der Waals surface area contributed by atoms with Crippen LogP contribution in [0.2, 0.25) is 0 Å². The molecular weight excluding hydrogens is 268 g/mol. The second-order valence-corrected chi connectivity index (χ2v) is 6.20. The highest BCUT2D eigenvalue weighted by Gasteiger charge is 2.15. The van der Waals surface area contributed by atoms with Crippen LogP contribution in [-0.2, 0) is 10.8 Å². The van der Waals surface area contributed by atoms with Crippen molar-refractivity contribution < 1.29 is 9.32 Å². The van der Waals surface area contributed by atoms with Gasteiger partial charge in [-0.05, 0) is 37.6 Å². The molecule has 1 unspecified atom stereocenters. The van der Waals surface area contributed by atoms with Gasteiger partial charge >= 0.3 is 0 Å². The van der Waals surface area contributed by atoms with E-state index in [1.165, 1.54) is 0 Å².